The predicted molar refractivity (Wildman–Crippen MR) is 78.7 cm³/mol. The fraction of sp³-hybridized carbons (Fsp3) is 0.938. The molecule has 1 amide bonds. The van der Waals surface area contributed by atoms with Crippen molar-refractivity contribution in [1.29, 1.82) is 0 Å². The van der Waals surface area contributed by atoms with E-state index in [4.69, 9.17) is 5.73 Å². The molecule has 3 nitrogen and oxygen atoms in total. The molecule has 0 aliphatic heterocycles. The zero-order valence-electron chi connectivity index (χ0n) is 13.0. The molecule has 3 N–H and O–H groups in total. The summed E-state index contributed by atoms with van der Waals surface area (Å²) < 4.78 is 0. The lowest BCUT2D eigenvalue weighted by molar-refractivity contribution is -0.128. The largest absolute Gasteiger partial charge is 0.351 e. The van der Waals surface area contributed by atoms with Crippen molar-refractivity contribution in [3.8, 4) is 0 Å². The molecule has 2 saturated carbocycles. The number of nitrogens with two attached hydrogens (primary N) is 1. The summed E-state index contributed by atoms with van der Waals surface area (Å²) >= 11 is 0. The Morgan fingerprint density at radius 1 is 1.05 bits per heavy atom. The highest BCUT2D eigenvalue weighted by Gasteiger charge is 2.45. The molecule has 0 bridgehead atoms. The molecule has 0 saturated heterocycles. The van der Waals surface area contributed by atoms with E-state index >= 15 is 0 Å². The standard InChI is InChI=1S/C16H30N2O/c1-15(2,3)12-7-5-6-8-13(12)18-14(19)16(4,17)11-9-10-11/h11-13H,5-10,17H2,1-4H3,(H,18,19). The van der Waals surface area contributed by atoms with Crippen LogP contribution in [-0.4, -0.2) is 17.5 Å². The molecule has 3 unspecified atom stereocenters. The van der Waals surface area contributed by atoms with Gasteiger partial charge in [-0.3, -0.25) is 4.79 Å². The van der Waals surface area contributed by atoms with Gasteiger partial charge in [0.15, 0.2) is 0 Å². The van der Waals surface area contributed by atoms with E-state index in [1.807, 2.05) is 6.92 Å². The topological polar surface area (TPSA) is 55.1 Å². The van der Waals surface area contributed by atoms with Gasteiger partial charge in [0.05, 0.1) is 5.54 Å². The minimum atomic E-state index is -0.667. The van der Waals surface area contributed by atoms with Gasteiger partial charge in [-0.25, -0.2) is 0 Å². The zero-order valence-corrected chi connectivity index (χ0v) is 13.0. The smallest absolute Gasteiger partial charge is 0.240 e. The van der Waals surface area contributed by atoms with Crippen LogP contribution in [0.1, 0.15) is 66.2 Å². The van der Waals surface area contributed by atoms with E-state index < -0.39 is 5.54 Å². The van der Waals surface area contributed by atoms with Crippen LogP contribution in [-0.2, 0) is 4.79 Å². The van der Waals surface area contributed by atoms with Crippen LogP contribution in [0.25, 0.3) is 0 Å². The number of hydrogen-bond donors (Lipinski definition) is 2. The molecular weight excluding hydrogens is 236 g/mol. The van der Waals surface area contributed by atoms with Gasteiger partial charge in [0.2, 0.25) is 5.91 Å². The second kappa shape index (κ2) is 5.08. The van der Waals surface area contributed by atoms with Gasteiger partial charge in [-0.1, -0.05) is 33.6 Å². The molecule has 2 fully saturated rings. The van der Waals surface area contributed by atoms with Crippen molar-refractivity contribution in [3.05, 3.63) is 0 Å². The van der Waals surface area contributed by atoms with Crippen molar-refractivity contribution in [2.45, 2.75) is 77.8 Å². The SMILES string of the molecule is CC(C)(C)C1CCCCC1NC(=O)C(C)(N)C1CC1. The maximum Gasteiger partial charge on any atom is 0.240 e. The Balaban J connectivity index is 2.01. The number of nitrogens with one attached hydrogen (secondary N) is 1. The molecule has 0 aromatic heterocycles. The summed E-state index contributed by atoms with van der Waals surface area (Å²) in [5.74, 6) is 1.03. The quantitative estimate of drug-likeness (QED) is 0.825. The number of amides is 1. The van der Waals surface area contributed by atoms with E-state index in [0.717, 1.165) is 19.3 Å². The second-order valence-corrected chi connectivity index (χ2v) is 7.89. The fourth-order valence-electron chi connectivity index (χ4n) is 3.53. The molecule has 0 radical (unpaired) electrons. The van der Waals surface area contributed by atoms with Crippen molar-refractivity contribution in [1.82, 2.24) is 5.32 Å². The van der Waals surface area contributed by atoms with Gasteiger partial charge in [-0.15, -0.1) is 0 Å². The summed E-state index contributed by atoms with van der Waals surface area (Å²) in [6.07, 6.45) is 7.05. The third kappa shape index (κ3) is 3.31. The van der Waals surface area contributed by atoms with Crippen LogP contribution in [0.3, 0.4) is 0 Å². The van der Waals surface area contributed by atoms with Gasteiger partial charge in [0.25, 0.3) is 0 Å². The van der Waals surface area contributed by atoms with Crippen molar-refractivity contribution < 1.29 is 4.79 Å². The highest BCUT2D eigenvalue weighted by Crippen LogP contribution is 2.40. The minimum absolute atomic E-state index is 0.0659. The minimum Gasteiger partial charge on any atom is -0.351 e. The second-order valence-electron chi connectivity index (χ2n) is 7.89. The first-order chi connectivity index (χ1) is 8.73. The predicted octanol–water partition coefficient (Wildman–Crippen LogP) is 2.83. The van der Waals surface area contributed by atoms with Crippen molar-refractivity contribution in [3.63, 3.8) is 0 Å². The third-order valence-electron chi connectivity index (χ3n) is 5.11. The molecule has 110 valence electrons. The van der Waals surface area contributed by atoms with Crippen LogP contribution in [0.15, 0.2) is 0 Å². The molecule has 0 aromatic carbocycles. The Bertz CT molecular complexity index is 339. The van der Waals surface area contributed by atoms with Crippen molar-refractivity contribution in [2.75, 3.05) is 0 Å². The monoisotopic (exact) mass is 266 g/mol. The molecule has 3 heteroatoms. The highest BCUT2D eigenvalue weighted by atomic mass is 16.2. The maximum absolute atomic E-state index is 12.5. The van der Waals surface area contributed by atoms with Crippen LogP contribution in [0.5, 0.6) is 0 Å². The molecule has 0 heterocycles. The van der Waals surface area contributed by atoms with Gasteiger partial charge in [0.1, 0.15) is 0 Å². The lowest BCUT2D eigenvalue weighted by Gasteiger charge is -2.42. The highest BCUT2D eigenvalue weighted by molar-refractivity contribution is 5.86. The summed E-state index contributed by atoms with van der Waals surface area (Å²) in [5, 5.41) is 3.27. The molecule has 2 aliphatic rings. The van der Waals surface area contributed by atoms with E-state index in [1.165, 1.54) is 19.3 Å². The first-order valence-electron chi connectivity index (χ1n) is 7.83. The average Bonchev–Trinajstić information content (AvgIpc) is 3.12. The maximum atomic E-state index is 12.5. The van der Waals surface area contributed by atoms with E-state index in [0.29, 0.717) is 17.9 Å². The summed E-state index contributed by atoms with van der Waals surface area (Å²) in [5.41, 5.74) is 5.81. The van der Waals surface area contributed by atoms with E-state index in [1.54, 1.807) is 0 Å². The Morgan fingerprint density at radius 3 is 2.16 bits per heavy atom. The zero-order chi connectivity index (χ0) is 14.3. The number of hydrogen-bond acceptors (Lipinski definition) is 2. The van der Waals surface area contributed by atoms with Crippen LogP contribution in [0.4, 0.5) is 0 Å². The Morgan fingerprint density at radius 2 is 1.63 bits per heavy atom. The lowest BCUT2D eigenvalue weighted by atomic mass is 9.69. The molecule has 19 heavy (non-hydrogen) atoms. The normalized spacial score (nSPS) is 31.6. The van der Waals surface area contributed by atoms with Gasteiger partial charge in [0, 0.05) is 6.04 Å². The average molecular weight is 266 g/mol. The Hall–Kier alpha value is -0.570. The van der Waals surface area contributed by atoms with Gasteiger partial charge in [-0.2, -0.15) is 0 Å². The number of carbonyl (C=O) groups excluding carboxylic acids is 1. The van der Waals surface area contributed by atoms with Crippen LogP contribution < -0.4 is 11.1 Å². The van der Waals surface area contributed by atoms with E-state index in [-0.39, 0.29) is 11.3 Å². The van der Waals surface area contributed by atoms with Crippen molar-refractivity contribution >= 4 is 5.91 Å². The van der Waals surface area contributed by atoms with Gasteiger partial charge >= 0.3 is 0 Å². The third-order valence-corrected chi connectivity index (χ3v) is 5.11. The van der Waals surface area contributed by atoms with E-state index in [2.05, 4.69) is 26.1 Å². The number of rotatable bonds is 3. The molecule has 0 spiro atoms. The summed E-state index contributed by atoms with van der Waals surface area (Å²) in [6.45, 7) is 8.74. The summed E-state index contributed by atoms with van der Waals surface area (Å²) in [4.78, 5) is 12.5. The molecular formula is C16H30N2O. The summed E-state index contributed by atoms with van der Waals surface area (Å²) in [7, 11) is 0. The number of carbonyl (C=O) groups is 1. The van der Waals surface area contributed by atoms with Crippen molar-refractivity contribution in [2.24, 2.45) is 23.0 Å². The van der Waals surface area contributed by atoms with Gasteiger partial charge < -0.3 is 11.1 Å². The lowest BCUT2D eigenvalue weighted by Crippen LogP contribution is -2.58. The molecule has 2 rings (SSSR count). The Kier molecular flexibility index (Phi) is 3.97. The van der Waals surface area contributed by atoms with E-state index in [9.17, 15) is 4.79 Å². The fourth-order valence-corrected chi connectivity index (χ4v) is 3.53. The molecule has 2 aliphatic carbocycles. The first kappa shape index (κ1) is 14.8. The molecule has 3 atom stereocenters. The van der Waals surface area contributed by atoms with Crippen LogP contribution >= 0.6 is 0 Å². The van der Waals surface area contributed by atoms with Crippen LogP contribution in [0.2, 0.25) is 0 Å². The van der Waals surface area contributed by atoms with Crippen LogP contribution in [0, 0.1) is 17.3 Å². The Labute approximate surface area is 117 Å². The van der Waals surface area contributed by atoms with Gasteiger partial charge in [-0.05, 0) is 49.9 Å². The first-order valence-corrected chi connectivity index (χ1v) is 7.83. The molecule has 0 aromatic rings. The summed E-state index contributed by atoms with van der Waals surface area (Å²) in [6, 6.07) is 0.308.